The third-order valence-electron chi connectivity index (χ3n) is 4.21. The Labute approximate surface area is 172 Å². The first-order valence-electron chi connectivity index (χ1n) is 9.22. The molecule has 0 heterocycles. The minimum absolute atomic E-state index is 0.0156. The van der Waals surface area contributed by atoms with Crippen LogP contribution in [-0.4, -0.2) is 22.8 Å². The lowest BCUT2D eigenvalue weighted by molar-refractivity contribution is -0.137. The first-order valence-corrected chi connectivity index (χ1v) is 10.2. The largest absolute Gasteiger partial charge is 0.416 e. The van der Waals surface area contributed by atoms with Gasteiger partial charge in [-0.1, -0.05) is 49.0 Å². The predicted octanol–water partition coefficient (Wildman–Crippen LogP) is 4.61. The molecule has 0 aliphatic heterocycles. The molecule has 29 heavy (non-hydrogen) atoms. The van der Waals surface area contributed by atoms with Crippen molar-refractivity contribution in [1.29, 1.82) is 0 Å². The monoisotopic (exact) mass is 424 g/mol. The van der Waals surface area contributed by atoms with E-state index in [1.54, 1.807) is 0 Å². The van der Waals surface area contributed by atoms with E-state index in [1.165, 1.54) is 11.8 Å². The van der Waals surface area contributed by atoms with Gasteiger partial charge >= 0.3 is 6.18 Å². The highest BCUT2D eigenvalue weighted by Crippen LogP contribution is 2.29. The number of carbonyl (C=O) groups is 2. The fourth-order valence-electron chi connectivity index (χ4n) is 2.68. The van der Waals surface area contributed by atoms with Crippen molar-refractivity contribution < 1.29 is 22.8 Å². The fourth-order valence-corrected chi connectivity index (χ4v) is 3.32. The van der Waals surface area contributed by atoms with Crippen LogP contribution in [0.5, 0.6) is 0 Å². The summed E-state index contributed by atoms with van der Waals surface area (Å²) in [6, 6.07) is 13.4. The number of amides is 1. The number of hydrogen-bond donors (Lipinski definition) is 2. The Bertz CT molecular complexity index is 796. The van der Waals surface area contributed by atoms with Gasteiger partial charge in [-0.05, 0) is 48.4 Å². The van der Waals surface area contributed by atoms with Gasteiger partial charge < -0.3 is 0 Å². The van der Waals surface area contributed by atoms with Gasteiger partial charge in [0.15, 0.2) is 5.12 Å². The number of carbonyl (C=O) groups excluding carboxylic acids is 2. The van der Waals surface area contributed by atoms with Crippen molar-refractivity contribution in [3.63, 3.8) is 0 Å². The predicted molar refractivity (Wildman–Crippen MR) is 108 cm³/mol. The standard InChI is InChI=1S/C21H23F3N2O2S/c1-2-29-19(27)14-18(13-8-15-6-4-3-5-7-15)25-26-20(28)16-9-11-17(12-10-16)21(22,23)24/h3-7,9-12,18,25H,2,8,13-14H2,1H3,(H,26,28)/t18-/m1/s1. The number of alkyl halides is 3. The fraction of sp³-hybridized carbons (Fsp3) is 0.333. The van der Waals surface area contributed by atoms with Gasteiger partial charge in [0.05, 0.1) is 5.56 Å². The lowest BCUT2D eigenvalue weighted by Crippen LogP contribution is -2.45. The average molecular weight is 424 g/mol. The maximum atomic E-state index is 12.6. The van der Waals surface area contributed by atoms with E-state index in [-0.39, 0.29) is 23.1 Å². The van der Waals surface area contributed by atoms with Crippen molar-refractivity contribution in [3.05, 3.63) is 71.3 Å². The second kappa shape index (κ2) is 11.0. The number of rotatable bonds is 9. The molecule has 0 bridgehead atoms. The molecule has 0 fully saturated rings. The van der Waals surface area contributed by atoms with Crippen LogP contribution in [0.3, 0.4) is 0 Å². The topological polar surface area (TPSA) is 58.2 Å². The Hall–Kier alpha value is -2.32. The molecule has 0 unspecified atom stereocenters. The molecule has 2 aromatic carbocycles. The zero-order valence-electron chi connectivity index (χ0n) is 16.0. The molecule has 2 rings (SSSR count). The number of hydrogen-bond acceptors (Lipinski definition) is 4. The lowest BCUT2D eigenvalue weighted by atomic mass is 10.0. The molecular weight excluding hydrogens is 401 g/mol. The SMILES string of the molecule is CCSC(=O)C[C@@H](CCc1ccccc1)NNC(=O)c1ccc(C(F)(F)F)cc1. The van der Waals surface area contributed by atoms with E-state index in [0.717, 1.165) is 36.2 Å². The van der Waals surface area contributed by atoms with Gasteiger partial charge in [-0.3, -0.25) is 15.0 Å². The van der Waals surface area contributed by atoms with Crippen molar-refractivity contribution in [2.24, 2.45) is 0 Å². The lowest BCUT2D eigenvalue weighted by Gasteiger charge is -2.19. The molecule has 2 N–H and O–H groups in total. The quantitative estimate of drug-likeness (QED) is 0.577. The van der Waals surface area contributed by atoms with Gasteiger partial charge in [0.1, 0.15) is 0 Å². The second-order valence-corrected chi connectivity index (χ2v) is 7.73. The van der Waals surface area contributed by atoms with Gasteiger partial charge in [-0.25, -0.2) is 5.43 Å². The zero-order valence-corrected chi connectivity index (χ0v) is 16.8. The summed E-state index contributed by atoms with van der Waals surface area (Å²) in [6.45, 7) is 1.89. The third kappa shape index (κ3) is 7.91. The van der Waals surface area contributed by atoms with E-state index < -0.39 is 17.6 Å². The van der Waals surface area contributed by atoms with Crippen molar-refractivity contribution in [2.45, 2.75) is 38.4 Å². The molecule has 1 atom stereocenters. The molecular formula is C21H23F3N2O2S. The van der Waals surface area contributed by atoms with Crippen molar-refractivity contribution in [3.8, 4) is 0 Å². The Morgan fingerprint density at radius 1 is 1.03 bits per heavy atom. The molecule has 8 heteroatoms. The number of thioether (sulfide) groups is 1. The van der Waals surface area contributed by atoms with Gasteiger partial charge in [-0.2, -0.15) is 13.2 Å². The van der Waals surface area contributed by atoms with Crippen molar-refractivity contribution in [2.75, 3.05) is 5.75 Å². The highest BCUT2D eigenvalue weighted by atomic mass is 32.2. The molecule has 0 aliphatic carbocycles. The average Bonchev–Trinajstić information content (AvgIpc) is 2.70. The first-order chi connectivity index (χ1) is 13.8. The number of halogens is 3. The van der Waals surface area contributed by atoms with Crippen molar-refractivity contribution >= 4 is 22.8 Å². The maximum absolute atomic E-state index is 12.6. The van der Waals surface area contributed by atoms with Crippen LogP contribution in [0.25, 0.3) is 0 Å². The van der Waals surface area contributed by atoms with Crippen molar-refractivity contribution in [1.82, 2.24) is 10.9 Å². The van der Waals surface area contributed by atoms with Crippen LogP contribution < -0.4 is 10.9 Å². The van der Waals surface area contributed by atoms with E-state index in [9.17, 15) is 22.8 Å². The number of aryl methyl sites for hydroxylation is 1. The van der Waals surface area contributed by atoms with Gasteiger partial charge in [0.2, 0.25) is 0 Å². The van der Waals surface area contributed by atoms with Crippen LogP contribution in [0.15, 0.2) is 54.6 Å². The highest BCUT2D eigenvalue weighted by Gasteiger charge is 2.30. The molecule has 1 amide bonds. The van der Waals surface area contributed by atoms with Gasteiger partial charge in [0, 0.05) is 18.0 Å². The van der Waals surface area contributed by atoms with Crippen LogP contribution in [0.4, 0.5) is 13.2 Å². The molecule has 0 aliphatic rings. The smallest absolute Gasteiger partial charge is 0.287 e. The summed E-state index contributed by atoms with van der Waals surface area (Å²) in [6.07, 6.45) is -2.88. The summed E-state index contributed by atoms with van der Waals surface area (Å²) in [5.41, 5.74) is 5.77. The molecule has 4 nitrogen and oxygen atoms in total. The van der Waals surface area contributed by atoms with E-state index in [2.05, 4.69) is 10.9 Å². The minimum Gasteiger partial charge on any atom is -0.287 e. The summed E-state index contributed by atoms with van der Waals surface area (Å²) >= 11 is 1.22. The van der Waals surface area contributed by atoms with E-state index in [4.69, 9.17) is 0 Å². The third-order valence-corrected chi connectivity index (χ3v) is 4.98. The minimum atomic E-state index is -4.45. The molecule has 0 radical (unpaired) electrons. The Balaban J connectivity index is 1.96. The van der Waals surface area contributed by atoms with Crippen LogP contribution in [0.2, 0.25) is 0 Å². The normalized spacial score (nSPS) is 12.4. The Morgan fingerprint density at radius 2 is 1.69 bits per heavy atom. The summed E-state index contributed by atoms with van der Waals surface area (Å²) in [5.74, 6) is 0.112. The molecule has 2 aromatic rings. The summed E-state index contributed by atoms with van der Waals surface area (Å²) in [5, 5.41) is 0.0156. The second-order valence-electron chi connectivity index (χ2n) is 6.40. The Kier molecular flexibility index (Phi) is 8.72. The van der Waals surface area contributed by atoms with E-state index in [1.807, 2.05) is 37.3 Å². The molecule has 0 saturated carbocycles. The number of nitrogens with one attached hydrogen (secondary N) is 2. The van der Waals surface area contributed by atoms with Crippen LogP contribution in [-0.2, 0) is 17.4 Å². The summed E-state index contributed by atoms with van der Waals surface area (Å²) in [4.78, 5) is 24.3. The molecule has 0 spiro atoms. The van der Waals surface area contributed by atoms with Gasteiger partial charge in [0.25, 0.3) is 5.91 Å². The van der Waals surface area contributed by atoms with E-state index in [0.29, 0.717) is 12.2 Å². The Morgan fingerprint density at radius 3 is 2.28 bits per heavy atom. The summed E-state index contributed by atoms with van der Waals surface area (Å²) < 4.78 is 37.9. The number of benzene rings is 2. The van der Waals surface area contributed by atoms with Crippen LogP contribution >= 0.6 is 11.8 Å². The van der Waals surface area contributed by atoms with E-state index >= 15 is 0 Å². The van der Waals surface area contributed by atoms with Crippen LogP contribution in [0.1, 0.15) is 41.3 Å². The van der Waals surface area contributed by atoms with Crippen LogP contribution in [0, 0.1) is 0 Å². The zero-order chi connectivity index (χ0) is 21.3. The maximum Gasteiger partial charge on any atom is 0.416 e. The highest BCUT2D eigenvalue weighted by molar-refractivity contribution is 8.13. The first kappa shape index (κ1) is 23.0. The molecule has 0 aromatic heterocycles. The molecule has 0 saturated heterocycles. The summed E-state index contributed by atoms with van der Waals surface area (Å²) in [7, 11) is 0. The molecule has 156 valence electrons. The van der Waals surface area contributed by atoms with Gasteiger partial charge in [-0.15, -0.1) is 0 Å². The number of hydrazine groups is 1.